The van der Waals surface area contributed by atoms with Crippen molar-refractivity contribution in [1.82, 2.24) is 0 Å². The molecular formula is C19H18N2O. The van der Waals surface area contributed by atoms with Gasteiger partial charge >= 0.3 is 0 Å². The van der Waals surface area contributed by atoms with Crippen molar-refractivity contribution >= 4 is 11.5 Å². The molecule has 2 aromatic carbocycles. The van der Waals surface area contributed by atoms with Gasteiger partial charge in [0.2, 0.25) is 0 Å². The second-order valence-electron chi connectivity index (χ2n) is 5.85. The zero-order chi connectivity index (χ0) is 15.5. The van der Waals surface area contributed by atoms with Crippen LogP contribution in [0.4, 0.5) is 5.69 Å². The third-order valence-electron chi connectivity index (χ3n) is 4.30. The molecule has 1 aliphatic rings. The van der Waals surface area contributed by atoms with Gasteiger partial charge in [0.05, 0.1) is 11.6 Å². The lowest BCUT2D eigenvalue weighted by Crippen LogP contribution is -2.34. The van der Waals surface area contributed by atoms with Crippen molar-refractivity contribution in [3.8, 4) is 6.07 Å². The number of nitrogens with zero attached hydrogens (tertiary/aromatic N) is 1. The van der Waals surface area contributed by atoms with Gasteiger partial charge in [0.1, 0.15) is 0 Å². The third kappa shape index (κ3) is 2.87. The Balaban J connectivity index is 1.70. The number of hydrogen-bond donors (Lipinski definition) is 1. The van der Waals surface area contributed by atoms with Crippen LogP contribution in [-0.4, -0.2) is 11.8 Å². The lowest BCUT2D eigenvalue weighted by atomic mass is 9.75. The summed E-state index contributed by atoms with van der Waals surface area (Å²) in [7, 11) is 0. The van der Waals surface area contributed by atoms with E-state index in [9.17, 15) is 4.79 Å². The molecule has 0 atom stereocenters. The van der Waals surface area contributed by atoms with Gasteiger partial charge in [0.15, 0.2) is 5.78 Å². The van der Waals surface area contributed by atoms with Crippen LogP contribution in [0.1, 0.15) is 47.2 Å². The van der Waals surface area contributed by atoms with E-state index < -0.39 is 0 Å². The number of ketones is 1. The number of nitriles is 1. The van der Waals surface area contributed by atoms with E-state index in [4.69, 9.17) is 5.26 Å². The van der Waals surface area contributed by atoms with Crippen LogP contribution < -0.4 is 5.32 Å². The fraction of sp³-hybridized carbons (Fsp3) is 0.263. The van der Waals surface area contributed by atoms with Crippen LogP contribution in [0.15, 0.2) is 48.5 Å². The van der Waals surface area contributed by atoms with Crippen LogP contribution in [-0.2, 0) is 0 Å². The number of hydrogen-bond acceptors (Lipinski definition) is 3. The Labute approximate surface area is 130 Å². The highest BCUT2D eigenvalue weighted by Gasteiger charge is 2.30. The first-order chi connectivity index (χ1) is 10.7. The third-order valence-corrected chi connectivity index (χ3v) is 4.30. The molecule has 0 radical (unpaired) electrons. The monoisotopic (exact) mass is 290 g/mol. The zero-order valence-corrected chi connectivity index (χ0v) is 12.5. The molecule has 1 N–H and O–H groups in total. The number of nitrogens with one attached hydrogen (secondary N) is 1. The van der Waals surface area contributed by atoms with Gasteiger partial charge < -0.3 is 5.32 Å². The summed E-state index contributed by atoms with van der Waals surface area (Å²) in [4.78, 5) is 11.7. The molecule has 3 nitrogen and oxygen atoms in total. The number of carbonyl (C=O) groups excluding carboxylic acids is 1. The van der Waals surface area contributed by atoms with Gasteiger partial charge in [-0.25, -0.2) is 0 Å². The van der Waals surface area contributed by atoms with Gasteiger partial charge in [-0.3, -0.25) is 4.79 Å². The zero-order valence-electron chi connectivity index (χ0n) is 12.5. The molecule has 3 heteroatoms. The van der Waals surface area contributed by atoms with Crippen LogP contribution in [0.2, 0.25) is 0 Å². The maximum Gasteiger partial charge on any atom is 0.161 e. The minimum atomic E-state index is 0.0194. The fourth-order valence-electron chi connectivity index (χ4n) is 2.99. The van der Waals surface area contributed by atoms with E-state index in [1.807, 2.05) is 6.07 Å². The van der Waals surface area contributed by atoms with Crippen LogP contribution in [0.25, 0.3) is 0 Å². The Morgan fingerprint density at radius 3 is 2.55 bits per heavy atom. The van der Waals surface area contributed by atoms with Gasteiger partial charge in [-0.1, -0.05) is 30.3 Å². The molecule has 1 saturated carbocycles. The van der Waals surface area contributed by atoms with Gasteiger partial charge in [-0.2, -0.15) is 5.26 Å². The van der Waals surface area contributed by atoms with Crippen molar-refractivity contribution in [3.63, 3.8) is 0 Å². The van der Waals surface area contributed by atoms with E-state index >= 15 is 0 Å². The summed E-state index contributed by atoms with van der Waals surface area (Å²) >= 11 is 0. The number of Topliss-reactive ketones (excluding diaryl/α,β-unsaturated/α-hetero) is 1. The topological polar surface area (TPSA) is 52.9 Å². The van der Waals surface area contributed by atoms with Crippen molar-refractivity contribution in [2.75, 3.05) is 5.32 Å². The van der Waals surface area contributed by atoms with Crippen molar-refractivity contribution in [1.29, 1.82) is 5.26 Å². The van der Waals surface area contributed by atoms with Crippen molar-refractivity contribution < 1.29 is 4.79 Å². The fourth-order valence-corrected chi connectivity index (χ4v) is 2.99. The Hall–Kier alpha value is -2.60. The molecule has 1 fully saturated rings. The van der Waals surface area contributed by atoms with E-state index in [0.717, 1.165) is 18.5 Å². The molecule has 2 aromatic rings. The van der Waals surface area contributed by atoms with Crippen molar-refractivity contribution in [2.24, 2.45) is 0 Å². The Morgan fingerprint density at radius 1 is 1.18 bits per heavy atom. The largest absolute Gasteiger partial charge is 0.382 e. The molecule has 0 saturated heterocycles. The highest BCUT2D eigenvalue weighted by atomic mass is 16.1. The highest BCUT2D eigenvalue weighted by Crippen LogP contribution is 2.38. The Morgan fingerprint density at radius 2 is 1.91 bits per heavy atom. The second kappa shape index (κ2) is 6.03. The summed E-state index contributed by atoms with van der Waals surface area (Å²) in [5, 5.41) is 12.5. The summed E-state index contributed by atoms with van der Waals surface area (Å²) in [6.07, 6.45) is 2.11. The summed E-state index contributed by atoms with van der Waals surface area (Å²) in [5.41, 5.74) is 3.38. The van der Waals surface area contributed by atoms with Gasteiger partial charge in [-0.15, -0.1) is 0 Å². The molecule has 0 heterocycles. The van der Waals surface area contributed by atoms with E-state index in [2.05, 4.69) is 35.7 Å². The molecule has 0 unspecified atom stereocenters. The molecule has 3 rings (SSSR count). The molecule has 0 amide bonds. The first kappa shape index (κ1) is 14.3. The molecule has 0 bridgehead atoms. The van der Waals surface area contributed by atoms with Crippen LogP contribution in [0.3, 0.4) is 0 Å². The second-order valence-corrected chi connectivity index (χ2v) is 5.85. The number of carbonyl (C=O) groups is 1. The van der Waals surface area contributed by atoms with E-state index in [1.54, 1.807) is 25.1 Å². The van der Waals surface area contributed by atoms with Crippen LogP contribution in [0, 0.1) is 11.3 Å². The smallest absolute Gasteiger partial charge is 0.161 e. The molecule has 0 aromatic heterocycles. The molecule has 0 aliphatic heterocycles. The summed E-state index contributed by atoms with van der Waals surface area (Å²) in [6.45, 7) is 1.56. The lowest BCUT2D eigenvalue weighted by Gasteiger charge is -2.37. The first-order valence-electron chi connectivity index (χ1n) is 7.54. The maximum absolute atomic E-state index is 11.7. The molecule has 0 spiro atoms. The van der Waals surface area contributed by atoms with Crippen molar-refractivity contribution in [3.05, 3.63) is 65.2 Å². The Bertz CT molecular complexity index is 725. The minimum absolute atomic E-state index is 0.0194. The summed E-state index contributed by atoms with van der Waals surface area (Å²) in [5.74, 6) is 0.601. The maximum atomic E-state index is 11.7. The average molecular weight is 290 g/mol. The van der Waals surface area contributed by atoms with Gasteiger partial charge in [-0.05, 0) is 49.4 Å². The van der Waals surface area contributed by atoms with Gasteiger partial charge in [0.25, 0.3) is 0 Å². The standard InChI is InChI=1S/C19H18N2O/c1-13(22)18-8-7-14(12-20)9-19(18)21-17-10-16(11-17)15-5-3-2-4-6-15/h2-9,16-17,21H,10-11H2,1H3. The predicted molar refractivity (Wildman–Crippen MR) is 87.0 cm³/mol. The van der Waals surface area contributed by atoms with E-state index in [1.165, 1.54) is 5.56 Å². The molecule has 22 heavy (non-hydrogen) atoms. The predicted octanol–water partition coefficient (Wildman–Crippen LogP) is 4.12. The van der Waals surface area contributed by atoms with E-state index in [-0.39, 0.29) is 5.78 Å². The highest BCUT2D eigenvalue weighted by molar-refractivity contribution is 5.99. The Kier molecular flexibility index (Phi) is 3.93. The quantitative estimate of drug-likeness (QED) is 0.862. The lowest BCUT2D eigenvalue weighted by molar-refractivity contribution is 0.101. The van der Waals surface area contributed by atoms with Crippen LogP contribution >= 0.6 is 0 Å². The minimum Gasteiger partial charge on any atom is -0.382 e. The first-order valence-corrected chi connectivity index (χ1v) is 7.54. The van der Waals surface area contributed by atoms with E-state index in [0.29, 0.717) is 23.1 Å². The summed E-state index contributed by atoms with van der Waals surface area (Å²) in [6, 6.07) is 18.2. The number of benzene rings is 2. The SMILES string of the molecule is CC(=O)c1ccc(C#N)cc1NC1CC(c2ccccc2)C1. The number of rotatable bonds is 4. The molecule has 110 valence electrons. The molecular weight excluding hydrogens is 272 g/mol. The van der Waals surface area contributed by atoms with Crippen molar-refractivity contribution in [2.45, 2.75) is 31.7 Å². The summed E-state index contributed by atoms with van der Waals surface area (Å²) < 4.78 is 0. The molecule has 1 aliphatic carbocycles. The normalized spacial score (nSPS) is 19.8. The van der Waals surface area contributed by atoms with Crippen LogP contribution in [0.5, 0.6) is 0 Å². The average Bonchev–Trinajstić information content (AvgIpc) is 2.50. The number of anilines is 1. The van der Waals surface area contributed by atoms with Gasteiger partial charge in [0, 0.05) is 17.3 Å².